The molecule has 0 amide bonds. The summed E-state index contributed by atoms with van der Waals surface area (Å²) < 4.78 is 7.23. The van der Waals surface area contributed by atoms with Crippen LogP contribution in [0.15, 0.2) is 43.1 Å². The summed E-state index contributed by atoms with van der Waals surface area (Å²) in [5.41, 5.74) is 2.37. The van der Waals surface area contributed by atoms with Gasteiger partial charge in [-0.05, 0) is 50.4 Å². The van der Waals surface area contributed by atoms with Gasteiger partial charge in [-0.2, -0.15) is 5.10 Å². The second kappa shape index (κ2) is 9.68. The molecule has 0 bridgehead atoms. The zero-order valence-electron chi connectivity index (χ0n) is 20.5. The molecule has 6 rings (SSSR count). The molecule has 0 aromatic carbocycles. The summed E-state index contributed by atoms with van der Waals surface area (Å²) in [5.74, 6) is 1.67. The number of aromatic nitrogens is 6. The first kappa shape index (κ1) is 23.7. The van der Waals surface area contributed by atoms with E-state index in [1.54, 1.807) is 35.7 Å². The van der Waals surface area contributed by atoms with Crippen molar-refractivity contribution in [1.29, 1.82) is 0 Å². The number of piperidine rings is 1. The quantitative estimate of drug-likeness (QED) is 0.355. The number of halogens is 1. The maximum absolute atomic E-state index is 11.6. The molecule has 4 aromatic heterocycles. The van der Waals surface area contributed by atoms with E-state index < -0.39 is 0 Å². The van der Waals surface area contributed by atoms with Gasteiger partial charge in [0.15, 0.2) is 11.6 Å². The fraction of sp³-hybridized carbons (Fsp3) is 0.385. The van der Waals surface area contributed by atoms with Crippen LogP contribution in [-0.2, 0) is 11.3 Å². The topological polar surface area (TPSA) is 102 Å². The zero-order valence-corrected chi connectivity index (χ0v) is 21.3. The summed E-state index contributed by atoms with van der Waals surface area (Å²) in [6.45, 7) is 4.72. The minimum absolute atomic E-state index is 0.285. The molecule has 4 aromatic rings. The highest BCUT2D eigenvalue weighted by molar-refractivity contribution is 6.30. The molecule has 6 heterocycles. The molecule has 0 radical (unpaired) electrons. The van der Waals surface area contributed by atoms with Gasteiger partial charge in [0.05, 0.1) is 34.9 Å². The maximum atomic E-state index is 11.6. The molecule has 37 heavy (non-hydrogen) atoms. The fourth-order valence-corrected chi connectivity index (χ4v) is 5.76. The van der Waals surface area contributed by atoms with Crippen LogP contribution in [0.2, 0.25) is 5.02 Å². The maximum Gasteiger partial charge on any atom is 0.298 e. The molecule has 1 spiro atoms. The van der Waals surface area contributed by atoms with E-state index in [1.807, 2.05) is 12.1 Å². The Balaban J connectivity index is 1.47. The van der Waals surface area contributed by atoms with Crippen molar-refractivity contribution in [3.8, 4) is 17.1 Å². The number of hydrogen-bond donors (Lipinski definition) is 0. The summed E-state index contributed by atoms with van der Waals surface area (Å²) in [7, 11) is 2.20. The molecule has 0 N–H and O–H groups in total. The standard InChI is InChI=1S/C26H27ClN8O2/c1-33-9-4-26(16-33)5-10-34(11-6-26)25-22-20(31-24(32-25)18-2-7-28-8-3-18)13-29-21(23(22)37-17-36)15-35-14-19(27)12-30-35/h2-3,7-8,12-14,17H,4-6,9-11,15-16H2,1H3. The second-order valence-corrected chi connectivity index (χ2v) is 10.4. The lowest BCUT2D eigenvalue weighted by atomic mass is 9.78. The number of carbonyl (C=O) groups is 1. The van der Waals surface area contributed by atoms with E-state index in [0.717, 1.165) is 50.4 Å². The van der Waals surface area contributed by atoms with Crippen molar-refractivity contribution in [1.82, 2.24) is 34.6 Å². The third kappa shape index (κ3) is 4.62. The molecule has 0 unspecified atom stereocenters. The Bertz CT molecular complexity index is 1440. The minimum Gasteiger partial charge on any atom is -0.426 e. The Morgan fingerprint density at radius 1 is 1.11 bits per heavy atom. The van der Waals surface area contributed by atoms with Crippen molar-refractivity contribution in [2.75, 3.05) is 38.1 Å². The van der Waals surface area contributed by atoms with Gasteiger partial charge >= 0.3 is 0 Å². The molecule has 11 heteroatoms. The number of nitrogens with zero attached hydrogens (tertiary/aromatic N) is 8. The van der Waals surface area contributed by atoms with E-state index in [9.17, 15) is 4.79 Å². The largest absolute Gasteiger partial charge is 0.426 e. The van der Waals surface area contributed by atoms with Crippen molar-refractivity contribution < 1.29 is 9.53 Å². The van der Waals surface area contributed by atoms with Crippen LogP contribution in [0.25, 0.3) is 22.3 Å². The lowest BCUT2D eigenvalue weighted by Crippen LogP contribution is -2.41. The van der Waals surface area contributed by atoms with Crippen molar-refractivity contribution in [2.45, 2.75) is 25.8 Å². The summed E-state index contributed by atoms with van der Waals surface area (Å²) in [6, 6.07) is 3.77. The van der Waals surface area contributed by atoms with Gasteiger partial charge in [0.1, 0.15) is 11.5 Å². The molecular weight excluding hydrogens is 492 g/mol. The second-order valence-electron chi connectivity index (χ2n) is 9.95. The first-order valence-electron chi connectivity index (χ1n) is 12.4. The summed E-state index contributed by atoms with van der Waals surface area (Å²) in [4.78, 5) is 34.9. The normalized spacial score (nSPS) is 17.5. The van der Waals surface area contributed by atoms with E-state index in [1.165, 1.54) is 6.42 Å². The van der Waals surface area contributed by atoms with Gasteiger partial charge in [0.25, 0.3) is 6.47 Å². The number of pyridine rings is 2. The molecular formula is C26H27ClN8O2. The number of anilines is 1. The third-order valence-electron chi connectivity index (χ3n) is 7.52. The van der Waals surface area contributed by atoms with Gasteiger partial charge in [0, 0.05) is 43.8 Å². The fourth-order valence-electron chi connectivity index (χ4n) is 5.60. The van der Waals surface area contributed by atoms with Gasteiger partial charge in [-0.25, -0.2) is 9.97 Å². The zero-order chi connectivity index (χ0) is 25.4. The predicted octanol–water partition coefficient (Wildman–Crippen LogP) is 3.44. The monoisotopic (exact) mass is 518 g/mol. The SMILES string of the molecule is CN1CCC2(CCN(c3nc(-c4ccncc4)nc4cnc(Cn5cc(Cl)cn5)c(OC=O)c34)CC2)C1. The van der Waals surface area contributed by atoms with E-state index in [-0.39, 0.29) is 6.54 Å². The van der Waals surface area contributed by atoms with E-state index in [4.69, 9.17) is 26.3 Å². The Morgan fingerprint density at radius 2 is 1.89 bits per heavy atom. The van der Waals surface area contributed by atoms with Gasteiger partial charge in [-0.3, -0.25) is 19.4 Å². The highest BCUT2D eigenvalue weighted by Gasteiger charge is 2.40. The number of likely N-dealkylation sites (tertiary alicyclic amines) is 1. The first-order chi connectivity index (χ1) is 18.0. The number of fused-ring (bicyclic) bond motifs is 1. The molecule has 0 aliphatic carbocycles. The van der Waals surface area contributed by atoms with Gasteiger partial charge < -0.3 is 14.5 Å². The third-order valence-corrected chi connectivity index (χ3v) is 7.72. The first-order valence-corrected chi connectivity index (χ1v) is 12.7. The van der Waals surface area contributed by atoms with Crippen LogP contribution < -0.4 is 9.64 Å². The molecule has 2 aliphatic heterocycles. The number of ether oxygens (including phenoxy) is 1. The van der Waals surface area contributed by atoms with Crippen LogP contribution >= 0.6 is 11.6 Å². The van der Waals surface area contributed by atoms with Gasteiger partial charge in [-0.15, -0.1) is 0 Å². The van der Waals surface area contributed by atoms with Gasteiger partial charge in [-0.1, -0.05) is 11.6 Å². The molecule has 0 saturated carbocycles. The molecule has 2 fully saturated rings. The number of hydrogen-bond acceptors (Lipinski definition) is 9. The van der Waals surface area contributed by atoms with Crippen molar-refractivity contribution in [2.24, 2.45) is 5.41 Å². The van der Waals surface area contributed by atoms with Crippen LogP contribution in [0.1, 0.15) is 25.0 Å². The molecule has 10 nitrogen and oxygen atoms in total. The number of carbonyl (C=O) groups excluding carboxylic acids is 1. The van der Waals surface area contributed by atoms with Crippen LogP contribution in [0.3, 0.4) is 0 Å². The van der Waals surface area contributed by atoms with Gasteiger partial charge in [0.2, 0.25) is 0 Å². The lowest BCUT2D eigenvalue weighted by molar-refractivity contribution is -0.120. The molecule has 2 aliphatic rings. The van der Waals surface area contributed by atoms with E-state index in [0.29, 0.717) is 45.1 Å². The molecule has 190 valence electrons. The average molecular weight is 519 g/mol. The van der Waals surface area contributed by atoms with Crippen LogP contribution in [0.4, 0.5) is 5.82 Å². The Labute approximate surface area is 219 Å². The van der Waals surface area contributed by atoms with Crippen molar-refractivity contribution in [3.05, 3.63) is 53.8 Å². The average Bonchev–Trinajstić information content (AvgIpc) is 3.50. The Hall–Kier alpha value is -3.63. The predicted molar refractivity (Wildman–Crippen MR) is 140 cm³/mol. The Kier molecular flexibility index (Phi) is 6.21. The van der Waals surface area contributed by atoms with Crippen LogP contribution in [-0.4, -0.2) is 74.3 Å². The van der Waals surface area contributed by atoms with Crippen LogP contribution in [0, 0.1) is 5.41 Å². The summed E-state index contributed by atoms with van der Waals surface area (Å²) in [6.07, 6.45) is 11.8. The van der Waals surface area contributed by atoms with E-state index in [2.05, 4.69) is 31.9 Å². The highest BCUT2D eigenvalue weighted by atomic mass is 35.5. The highest BCUT2D eigenvalue weighted by Crippen LogP contribution is 2.43. The smallest absolute Gasteiger partial charge is 0.298 e. The molecule has 2 saturated heterocycles. The lowest BCUT2D eigenvalue weighted by Gasteiger charge is -2.40. The minimum atomic E-state index is 0.285. The Morgan fingerprint density at radius 3 is 2.57 bits per heavy atom. The molecule has 0 atom stereocenters. The van der Waals surface area contributed by atoms with E-state index >= 15 is 0 Å². The van der Waals surface area contributed by atoms with Crippen molar-refractivity contribution >= 4 is 34.8 Å². The number of rotatable bonds is 6. The van der Waals surface area contributed by atoms with Crippen LogP contribution in [0.5, 0.6) is 5.75 Å². The summed E-state index contributed by atoms with van der Waals surface area (Å²) in [5, 5.41) is 5.45. The summed E-state index contributed by atoms with van der Waals surface area (Å²) >= 11 is 6.06. The van der Waals surface area contributed by atoms with Crippen molar-refractivity contribution in [3.63, 3.8) is 0 Å².